The van der Waals surface area contributed by atoms with Crippen LogP contribution in [0.5, 0.6) is 0 Å². The molecule has 3 rings (SSSR count). The Labute approximate surface area is 183 Å². The van der Waals surface area contributed by atoms with Crippen molar-refractivity contribution in [2.45, 2.75) is 82.5 Å². The van der Waals surface area contributed by atoms with Gasteiger partial charge in [0, 0.05) is 7.11 Å². The molecule has 2 amide bonds. The number of alkyl carbamates (subject to hydrolysis) is 1. The van der Waals surface area contributed by atoms with E-state index in [0.29, 0.717) is 19.4 Å². The molecule has 2 saturated heterocycles. The van der Waals surface area contributed by atoms with Crippen molar-refractivity contribution < 1.29 is 33.6 Å². The number of rotatable bonds is 9. The Morgan fingerprint density at radius 3 is 2.58 bits per heavy atom. The zero-order chi connectivity index (χ0) is 23.0. The summed E-state index contributed by atoms with van der Waals surface area (Å²) >= 11 is 0. The quantitative estimate of drug-likeness (QED) is 0.363. The first kappa shape index (κ1) is 24.0. The van der Waals surface area contributed by atoms with Gasteiger partial charge in [0.2, 0.25) is 5.91 Å². The first-order valence-corrected chi connectivity index (χ1v) is 11.0. The minimum atomic E-state index is -0.804. The lowest BCUT2D eigenvalue weighted by Gasteiger charge is -2.42. The van der Waals surface area contributed by atoms with Gasteiger partial charge in [-0.2, -0.15) is 0 Å². The van der Waals surface area contributed by atoms with Crippen molar-refractivity contribution in [1.82, 2.24) is 5.32 Å². The number of nitrogens with two attached hydrogens (primary N) is 1. The van der Waals surface area contributed by atoms with E-state index >= 15 is 0 Å². The third kappa shape index (κ3) is 4.89. The fraction of sp³-hybridized carbons (Fsp3) is 0.818. The van der Waals surface area contributed by atoms with Gasteiger partial charge in [-0.1, -0.05) is 25.5 Å². The van der Waals surface area contributed by atoms with Crippen LogP contribution in [0.3, 0.4) is 0 Å². The minimum absolute atomic E-state index is 0.0221. The Bertz CT molecular complexity index is 721. The fourth-order valence-corrected chi connectivity index (χ4v) is 4.97. The third-order valence-electron chi connectivity index (χ3n) is 6.93. The average Bonchev–Trinajstić information content (AvgIpc) is 3.62. The van der Waals surface area contributed by atoms with Gasteiger partial charge in [-0.25, -0.2) is 4.79 Å². The van der Waals surface area contributed by atoms with Crippen molar-refractivity contribution in [3.8, 4) is 0 Å². The molecule has 3 aliphatic rings. The molecule has 4 N–H and O–H groups in total. The summed E-state index contributed by atoms with van der Waals surface area (Å²) in [5, 5.41) is 11.8. The van der Waals surface area contributed by atoms with Gasteiger partial charge in [0.25, 0.3) is 0 Å². The summed E-state index contributed by atoms with van der Waals surface area (Å²) in [6.07, 6.45) is 2.38. The number of primary amides is 1. The number of methoxy groups -OCH3 is 1. The molecule has 1 saturated carbocycles. The molecule has 0 aromatic rings. The number of ether oxygens (including phenoxy) is 4. The molecule has 3 fully saturated rings. The van der Waals surface area contributed by atoms with Gasteiger partial charge in [0.1, 0.15) is 29.5 Å². The molecule has 0 aromatic carbocycles. The second-order valence-electron chi connectivity index (χ2n) is 9.52. The number of epoxide rings is 2. The summed E-state index contributed by atoms with van der Waals surface area (Å²) in [4.78, 5) is 24.1. The van der Waals surface area contributed by atoms with Gasteiger partial charge in [-0.05, 0) is 39.0 Å². The fourth-order valence-electron chi connectivity index (χ4n) is 4.97. The van der Waals surface area contributed by atoms with Crippen LogP contribution in [0, 0.1) is 11.8 Å². The van der Waals surface area contributed by atoms with Crippen LogP contribution in [-0.2, 0) is 23.7 Å². The molecule has 176 valence electrons. The number of carbonyl (C=O) groups is 2. The van der Waals surface area contributed by atoms with Crippen molar-refractivity contribution in [3.63, 3.8) is 0 Å². The highest BCUT2D eigenvalue weighted by Crippen LogP contribution is 2.59. The largest absolute Gasteiger partial charge is 0.443 e. The lowest BCUT2D eigenvalue weighted by molar-refractivity contribution is -0.123. The maximum absolute atomic E-state index is 12.5. The van der Waals surface area contributed by atoms with Gasteiger partial charge in [0.15, 0.2) is 0 Å². The predicted octanol–water partition coefficient (Wildman–Crippen LogP) is 1.27. The standard InChI is InChI=1S/C22H36N2O7/c1-12(2)16(19(23)26)24-20(27)30-14-8-9-22(11-29-22)18(17(14)28-5)21(4)15(31-21)7-6-13(3)10-25/h6,12,14-18,25H,7-11H2,1-5H3,(H2,23,26)(H,24,27)/b13-6+/t14-,15-,16-,17-,18-,21+,22+/m1/s1. The summed E-state index contributed by atoms with van der Waals surface area (Å²) in [6, 6.07) is -0.804. The smallest absolute Gasteiger partial charge is 0.408 e. The Hall–Kier alpha value is -1.68. The first-order valence-electron chi connectivity index (χ1n) is 11.0. The number of aliphatic hydroxyl groups excluding tert-OH is 1. The highest BCUT2D eigenvalue weighted by Gasteiger charge is 2.72. The number of amides is 2. The maximum atomic E-state index is 12.5. The van der Waals surface area contributed by atoms with Crippen molar-refractivity contribution in [2.24, 2.45) is 17.6 Å². The van der Waals surface area contributed by atoms with E-state index in [2.05, 4.69) is 5.32 Å². The molecule has 2 heterocycles. The van der Waals surface area contributed by atoms with E-state index in [4.69, 9.17) is 24.7 Å². The number of nitrogens with one attached hydrogen (secondary N) is 1. The number of hydrogen-bond acceptors (Lipinski definition) is 7. The molecule has 0 radical (unpaired) electrons. The van der Waals surface area contributed by atoms with Crippen molar-refractivity contribution in [3.05, 3.63) is 11.6 Å². The second-order valence-corrected chi connectivity index (χ2v) is 9.52. The zero-order valence-electron chi connectivity index (χ0n) is 19.1. The molecule has 1 spiro atoms. The van der Waals surface area contributed by atoms with E-state index in [0.717, 1.165) is 12.0 Å². The summed E-state index contributed by atoms with van der Waals surface area (Å²) in [6.45, 7) is 8.18. The minimum Gasteiger partial charge on any atom is -0.443 e. The van der Waals surface area contributed by atoms with E-state index in [-0.39, 0.29) is 30.1 Å². The monoisotopic (exact) mass is 440 g/mol. The zero-order valence-corrected chi connectivity index (χ0v) is 19.1. The molecule has 9 nitrogen and oxygen atoms in total. The maximum Gasteiger partial charge on any atom is 0.408 e. The lowest BCUT2D eigenvalue weighted by atomic mass is 9.68. The van der Waals surface area contributed by atoms with Crippen LogP contribution in [0.4, 0.5) is 4.79 Å². The SMILES string of the molecule is CO[C@@H]1[C@H](OC(=O)N[C@@H](C(N)=O)C(C)C)CC[C@]2(CO2)[C@H]1[C@@]1(C)O[C@@H]1C/C=C(\C)CO. The summed E-state index contributed by atoms with van der Waals surface area (Å²) in [7, 11) is 1.60. The summed E-state index contributed by atoms with van der Waals surface area (Å²) in [5.74, 6) is -0.864. The molecule has 0 bridgehead atoms. The van der Waals surface area contributed by atoms with Crippen LogP contribution in [0.1, 0.15) is 47.0 Å². The highest BCUT2D eigenvalue weighted by atomic mass is 16.6. The van der Waals surface area contributed by atoms with Crippen LogP contribution in [0.15, 0.2) is 11.6 Å². The summed E-state index contributed by atoms with van der Waals surface area (Å²) < 4.78 is 23.6. The van der Waals surface area contributed by atoms with Crippen molar-refractivity contribution in [2.75, 3.05) is 20.3 Å². The molecule has 7 atom stereocenters. The predicted molar refractivity (Wildman–Crippen MR) is 112 cm³/mol. The molecule has 31 heavy (non-hydrogen) atoms. The molecule has 0 unspecified atom stereocenters. The number of carbonyl (C=O) groups excluding carboxylic acids is 2. The summed E-state index contributed by atoms with van der Waals surface area (Å²) in [5.41, 5.74) is 5.48. The number of aliphatic hydroxyl groups is 1. The van der Waals surface area contributed by atoms with Crippen molar-refractivity contribution >= 4 is 12.0 Å². The van der Waals surface area contributed by atoms with Gasteiger partial charge in [0.05, 0.1) is 25.2 Å². The number of hydrogen-bond donors (Lipinski definition) is 3. The van der Waals surface area contributed by atoms with Crippen molar-refractivity contribution in [1.29, 1.82) is 0 Å². The topological polar surface area (TPSA) is 136 Å². The Morgan fingerprint density at radius 1 is 1.39 bits per heavy atom. The van der Waals surface area contributed by atoms with E-state index < -0.39 is 35.9 Å². The van der Waals surface area contributed by atoms with Crippen LogP contribution in [-0.4, -0.2) is 73.0 Å². The van der Waals surface area contributed by atoms with Gasteiger partial charge < -0.3 is 35.1 Å². The van der Waals surface area contributed by atoms with E-state index in [1.807, 2.05) is 19.9 Å². The lowest BCUT2D eigenvalue weighted by Crippen LogP contribution is -2.57. The highest BCUT2D eigenvalue weighted by molar-refractivity contribution is 5.84. The Morgan fingerprint density at radius 2 is 2.06 bits per heavy atom. The Balaban J connectivity index is 1.71. The van der Waals surface area contributed by atoms with Gasteiger partial charge >= 0.3 is 6.09 Å². The molecule has 9 heteroatoms. The van der Waals surface area contributed by atoms with E-state index in [1.165, 1.54) is 0 Å². The van der Waals surface area contributed by atoms with Gasteiger partial charge in [-0.3, -0.25) is 4.79 Å². The molecule has 0 aromatic heterocycles. The second kappa shape index (κ2) is 9.05. The third-order valence-corrected chi connectivity index (χ3v) is 6.93. The van der Waals surface area contributed by atoms with Crippen LogP contribution < -0.4 is 11.1 Å². The molecule has 1 aliphatic carbocycles. The van der Waals surface area contributed by atoms with Crippen LogP contribution in [0.2, 0.25) is 0 Å². The van der Waals surface area contributed by atoms with E-state index in [1.54, 1.807) is 21.0 Å². The normalized spacial score (nSPS) is 38.1. The van der Waals surface area contributed by atoms with Crippen LogP contribution in [0.25, 0.3) is 0 Å². The first-order chi connectivity index (χ1) is 14.6. The van der Waals surface area contributed by atoms with Gasteiger partial charge in [-0.15, -0.1) is 0 Å². The average molecular weight is 441 g/mol. The molecule has 2 aliphatic heterocycles. The van der Waals surface area contributed by atoms with Crippen LogP contribution >= 0.6 is 0 Å². The molecular weight excluding hydrogens is 404 g/mol. The Kier molecular flexibility index (Phi) is 7.00. The van der Waals surface area contributed by atoms with E-state index in [9.17, 15) is 14.7 Å². The molecular formula is C22H36N2O7.